The van der Waals surface area contributed by atoms with E-state index in [2.05, 4.69) is 26.6 Å². The number of rotatable bonds is 8. The molecule has 9 nitrogen and oxygen atoms in total. The molecule has 0 bridgehead atoms. The quantitative estimate of drug-likeness (QED) is 0.355. The summed E-state index contributed by atoms with van der Waals surface area (Å²) in [5.41, 5.74) is 2.10. The van der Waals surface area contributed by atoms with Crippen molar-refractivity contribution < 1.29 is 28.7 Å². The Kier molecular flexibility index (Phi) is 8.27. The van der Waals surface area contributed by atoms with Gasteiger partial charge in [0.25, 0.3) is 17.7 Å². The molecule has 5 amide bonds. The molecule has 2 aromatic rings. The van der Waals surface area contributed by atoms with Crippen LogP contribution >= 0.6 is 15.9 Å². The second-order valence-corrected chi connectivity index (χ2v) is 9.75. The molecule has 0 aromatic heterocycles. The standard InChI is InChI=1S/C27H28BrN3O6/c1-3-36-22-14-17(12-20-25(33)30-27(35)31(26(20)34)19-6-4-5-7-19)13-21(28)24(22)37-15-23(32)29-18-10-8-16(2)9-11-18/h8-14,19H,3-7,15H2,1-2H3,(H,29,32)(H,30,33,35)/b20-12+. The summed E-state index contributed by atoms with van der Waals surface area (Å²) in [5.74, 6) is -1.05. The van der Waals surface area contributed by atoms with Crippen molar-refractivity contribution in [1.82, 2.24) is 10.2 Å². The van der Waals surface area contributed by atoms with Crippen molar-refractivity contribution in [3.63, 3.8) is 0 Å². The highest BCUT2D eigenvalue weighted by molar-refractivity contribution is 9.10. The summed E-state index contributed by atoms with van der Waals surface area (Å²) in [6.07, 6.45) is 4.75. The molecule has 2 aromatic carbocycles. The van der Waals surface area contributed by atoms with Gasteiger partial charge in [0.05, 0.1) is 11.1 Å². The molecule has 2 aliphatic rings. The number of nitrogens with one attached hydrogen (secondary N) is 2. The Hall–Kier alpha value is -3.66. The Balaban J connectivity index is 1.54. The summed E-state index contributed by atoms with van der Waals surface area (Å²) in [7, 11) is 0. The molecule has 1 aliphatic heterocycles. The van der Waals surface area contributed by atoms with E-state index in [1.807, 2.05) is 19.1 Å². The third-order valence-corrected chi connectivity index (χ3v) is 6.74. The number of imide groups is 2. The highest BCUT2D eigenvalue weighted by Gasteiger charge is 2.40. The first-order chi connectivity index (χ1) is 17.8. The van der Waals surface area contributed by atoms with Crippen molar-refractivity contribution in [1.29, 1.82) is 0 Å². The number of anilines is 1. The van der Waals surface area contributed by atoms with E-state index in [-0.39, 0.29) is 24.1 Å². The second-order valence-electron chi connectivity index (χ2n) is 8.90. The van der Waals surface area contributed by atoms with Gasteiger partial charge in [-0.1, -0.05) is 30.5 Å². The zero-order valence-electron chi connectivity index (χ0n) is 20.6. The lowest BCUT2D eigenvalue weighted by molar-refractivity contribution is -0.131. The van der Waals surface area contributed by atoms with E-state index in [9.17, 15) is 19.2 Å². The van der Waals surface area contributed by atoms with Crippen molar-refractivity contribution in [2.24, 2.45) is 0 Å². The molecule has 2 N–H and O–H groups in total. The van der Waals surface area contributed by atoms with Gasteiger partial charge in [0.1, 0.15) is 5.57 Å². The molecule has 10 heteroatoms. The molecule has 0 radical (unpaired) electrons. The number of aryl methyl sites for hydroxylation is 1. The minimum absolute atomic E-state index is 0.132. The monoisotopic (exact) mass is 569 g/mol. The van der Waals surface area contributed by atoms with Gasteiger partial charge in [0.2, 0.25) is 0 Å². The fourth-order valence-electron chi connectivity index (χ4n) is 4.38. The molecular formula is C27H28BrN3O6. The fourth-order valence-corrected chi connectivity index (χ4v) is 4.95. The van der Waals surface area contributed by atoms with Crippen molar-refractivity contribution in [3.05, 3.63) is 57.6 Å². The lowest BCUT2D eigenvalue weighted by Crippen LogP contribution is -2.57. The van der Waals surface area contributed by atoms with Gasteiger partial charge in [-0.3, -0.25) is 24.6 Å². The van der Waals surface area contributed by atoms with Crippen molar-refractivity contribution in [3.8, 4) is 11.5 Å². The predicted molar refractivity (Wildman–Crippen MR) is 141 cm³/mol. The van der Waals surface area contributed by atoms with Crippen LogP contribution in [-0.2, 0) is 14.4 Å². The van der Waals surface area contributed by atoms with Gasteiger partial charge in [0, 0.05) is 11.7 Å². The van der Waals surface area contributed by atoms with E-state index < -0.39 is 17.8 Å². The SMILES string of the molecule is CCOc1cc(/C=C2\C(=O)NC(=O)N(C3CCCC3)C2=O)cc(Br)c1OCC(=O)Nc1ccc(C)cc1. The van der Waals surface area contributed by atoms with Crippen LogP contribution in [0.25, 0.3) is 6.08 Å². The van der Waals surface area contributed by atoms with Crippen LogP contribution in [0.15, 0.2) is 46.4 Å². The van der Waals surface area contributed by atoms with E-state index in [1.165, 1.54) is 6.08 Å². The fraction of sp³-hybridized carbons (Fsp3) is 0.333. The number of hydrogen-bond acceptors (Lipinski definition) is 6. The number of ether oxygens (including phenoxy) is 2. The number of benzene rings is 2. The lowest BCUT2D eigenvalue weighted by Gasteiger charge is -2.31. The molecule has 1 saturated heterocycles. The van der Waals surface area contributed by atoms with Crippen LogP contribution in [0.2, 0.25) is 0 Å². The first-order valence-corrected chi connectivity index (χ1v) is 12.9. The number of urea groups is 1. The van der Waals surface area contributed by atoms with Gasteiger partial charge in [-0.05, 0) is 78.5 Å². The number of carbonyl (C=O) groups excluding carboxylic acids is 4. The summed E-state index contributed by atoms with van der Waals surface area (Å²) in [6.45, 7) is 3.83. The highest BCUT2D eigenvalue weighted by atomic mass is 79.9. The molecule has 37 heavy (non-hydrogen) atoms. The van der Waals surface area contributed by atoms with E-state index in [4.69, 9.17) is 9.47 Å². The van der Waals surface area contributed by atoms with Crippen molar-refractivity contribution in [2.75, 3.05) is 18.5 Å². The second kappa shape index (κ2) is 11.6. The number of amides is 5. The largest absolute Gasteiger partial charge is 0.490 e. The Labute approximate surface area is 223 Å². The molecule has 1 saturated carbocycles. The van der Waals surface area contributed by atoms with Crippen LogP contribution in [0.4, 0.5) is 10.5 Å². The maximum atomic E-state index is 13.1. The van der Waals surface area contributed by atoms with E-state index >= 15 is 0 Å². The van der Waals surface area contributed by atoms with E-state index in [0.717, 1.165) is 36.1 Å². The number of hydrogen-bond donors (Lipinski definition) is 2. The Bertz CT molecular complexity index is 1250. The normalized spacial score (nSPS) is 17.2. The number of halogens is 1. The van der Waals surface area contributed by atoms with Gasteiger partial charge in [-0.25, -0.2) is 4.79 Å². The van der Waals surface area contributed by atoms with Crippen molar-refractivity contribution in [2.45, 2.75) is 45.6 Å². The zero-order chi connectivity index (χ0) is 26.5. The molecule has 0 spiro atoms. The number of nitrogens with zero attached hydrogens (tertiary/aromatic N) is 1. The molecular weight excluding hydrogens is 542 g/mol. The van der Waals surface area contributed by atoms with Gasteiger partial charge < -0.3 is 14.8 Å². The van der Waals surface area contributed by atoms with Gasteiger partial charge in [-0.15, -0.1) is 0 Å². The van der Waals surface area contributed by atoms with Gasteiger partial charge in [0.15, 0.2) is 18.1 Å². The molecule has 0 atom stereocenters. The predicted octanol–water partition coefficient (Wildman–Crippen LogP) is 4.58. The Morgan fingerprint density at radius 1 is 1.14 bits per heavy atom. The first kappa shape index (κ1) is 26.4. The molecule has 1 heterocycles. The molecule has 0 unspecified atom stereocenters. The summed E-state index contributed by atoms with van der Waals surface area (Å²) < 4.78 is 12.0. The van der Waals surface area contributed by atoms with Crippen LogP contribution < -0.4 is 20.1 Å². The summed E-state index contributed by atoms with van der Waals surface area (Å²) >= 11 is 3.45. The molecule has 2 fully saturated rings. The maximum Gasteiger partial charge on any atom is 0.331 e. The Morgan fingerprint density at radius 3 is 2.51 bits per heavy atom. The van der Waals surface area contributed by atoms with Crippen LogP contribution in [0.3, 0.4) is 0 Å². The first-order valence-electron chi connectivity index (χ1n) is 12.1. The van der Waals surface area contributed by atoms with Crippen LogP contribution in [0, 0.1) is 6.92 Å². The third kappa shape index (κ3) is 6.19. The van der Waals surface area contributed by atoms with Gasteiger partial charge in [-0.2, -0.15) is 0 Å². The van der Waals surface area contributed by atoms with Crippen LogP contribution in [0.1, 0.15) is 43.7 Å². The van der Waals surface area contributed by atoms with Gasteiger partial charge >= 0.3 is 6.03 Å². The van der Waals surface area contributed by atoms with Crippen molar-refractivity contribution >= 4 is 51.4 Å². The van der Waals surface area contributed by atoms with Crippen LogP contribution in [-0.4, -0.2) is 47.9 Å². The summed E-state index contributed by atoms with van der Waals surface area (Å²) in [4.78, 5) is 51.6. The Morgan fingerprint density at radius 2 is 1.84 bits per heavy atom. The number of carbonyl (C=O) groups is 4. The topological polar surface area (TPSA) is 114 Å². The summed E-state index contributed by atoms with van der Waals surface area (Å²) in [5, 5.41) is 5.05. The maximum absolute atomic E-state index is 13.1. The minimum Gasteiger partial charge on any atom is -0.490 e. The number of barbiturate groups is 1. The average molecular weight is 570 g/mol. The highest BCUT2D eigenvalue weighted by Crippen LogP contribution is 2.38. The minimum atomic E-state index is -0.744. The van der Waals surface area contributed by atoms with E-state index in [0.29, 0.717) is 33.8 Å². The zero-order valence-corrected chi connectivity index (χ0v) is 22.2. The smallest absolute Gasteiger partial charge is 0.331 e. The lowest BCUT2D eigenvalue weighted by atomic mass is 10.0. The third-order valence-electron chi connectivity index (χ3n) is 6.15. The summed E-state index contributed by atoms with van der Waals surface area (Å²) in [6, 6.07) is 9.79. The molecule has 1 aliphatic carbocycles. The molecule has 4 rings (SSSR count). The molecule has 194 valence electrons. The van der Waals surface area contributed by atoms with E-state index in [1.54, 1.807) is 31.2 Å². The average Bonchev–Trinajstić information content (AvgIpc) is 3.37. The van der Waals surface area contributed by atoms with Crippen LogP contribution in [0.5, 0.6) is 11.5 Å².